The van der Waals surface area contributed by atoms with Crippen LogP contribution in [-0.4, -0.2) is 31.4 Å². The Hall–Kier alpha value is -2.49. The van der Waals surface area contributed by atoms with Crippen molar-refractivity contribution in [2.24, 2.45) is 5.73 Å². The molecule has 1 amide bonds. The molecule has 0 aliphatic rings. The Labute approximate surface area is 172 Å². The summed E-state index contributed by atoms with van der Waals surface area (Å²) < 4.78 is 42.2. The van der Waals surface area contributed by atoms with Crippen LogP contribution in [0.15, 0.2) is 35.2 Å². The fourth-order valence-electron chi connectivity index (χ4n) is 3.06. The number of halogens is 2. The molecule has 0 aliphatic heterocycles. The molecule has 0 unspecified atom stereocenters. The highest BCUT2D eigenvalue weighted by Crippen LogP contribution is 2.29. The van der Waals surface area contributed by atoms with Crippen LogP contribution in [0.1, 0.15) is 39.9 Å². The molecule has 29 heavy (non-hydrogen) atoms. The molecular formula is C19H20ClFN2O5S. The Morgan fingerprint density at radius 2 is 1.83 bits per heavy atom. The van der Waals surface area contributed by atoms with Crippen molar-refractivity contribution >= 4 is 33.5 Å². The van der Waals surface area contributed by atoms with E-state index < -0.39 is 44.6 Å². The summed E-state index contributed by atoms with van der Waals surface area (Å²) in [6, 6.07) is 4.40. The van der Waals surface area contributed by atoms with Crippen molar-refractivity contribution in [3.8, 4) is 0 Å². The first-order chi connectivity index (χ1) is 13.4. The molecule has 7 nitrogen and oxygen atoms in total. The molecule has 2 aromatic rings. The second kappa shape index (κ2) is 8.48. The molecule has 0 radical (unpaired) electrons. The lowest BCUT2D eigenvalue weighted by molar-refractivity contribution is -0.139. The third kappa shape index (κ3) is 4.75. The maximum absolute atomic E-state index is 14.4. The van der Waals surface area contributed by atoms with Gasteiger partial charge in [0.15, 0.2) is 0 Å². The molecule has 0 fully saturated rings. The number of hydrogen-bond acceptors (Lipinski definition) is 4. The Kier molecular flexibility index (Phi) is 6.67. The molecule has 2 atom stereocenters. The molecule has 2 rings (SSSR count). The Balaban J connectivity index is 2.53. The molecule has 0 saturated heterocycles. The molecular weight excluding hydrogens is 423 g/mol. The van der Waals surface area contributed by atoms with Crippen LogP contribution in [0, 0.1) is 19.7 Å². The minimum atomic E-state index is -4.50. The summed E-state index contributed by atoms with van der Waals surface area (Å²) in [6.07, 6.45) is 0. The lowest BCUT2D eigenvalue weighted by Crippen LogP contribution is -2.45. The normalized spacial score (nSPS) is 13.7. The number of hydrogen-bond donors (Lipinski definition) is 3. The number of nitrogens with one attached hydrogen (secondary N) is 1. The van der Waals surface area contributed by atoms with Crippen LogP contribution in [0.4, 0.5) is 4.39 Å². The fraction of sp³-hybridized carbons (Fsp3) is 0.263. The van der Waals surface area contributed by atoms with Gasteiger partial charge in [-0.25, -0.2) is 12.8 Å². The smallest absolute Gasteiger partial charge is 0.322 e. The number of benzene rings is 2. The second-order valence-electron chi connectivity index (χ2n) is 6.63. The Morgan fingerprint density at radius 3 is 2.38 bits per heavy atom. The first kappa shape index (κ1) is 22.8. The summed E-state index contributed by atoms with van der Waals surface area (Å²) in [7, 11) is -4.50. The Bertz CT molecular complexity index is 1090. The lowest BCUT2D eigenvalue weighted by Gasteiger charge is -2.24. The van der Waals surface area contributed by atoms with Gasteiger partial charge in [0.25, 0.3) is 0 Å². The fourth-order valence-corrected chi connectivity index (χ4v) is 4.69. The van der Waals surface area contributed by atoms with Gasteiger partial charge in [-0.1, -0.05) is 24.6 Å². The quantitative estimate of drug-likeness (QED) is 0.607. The first-order valence-electron chi connectivity index (χ1n) is 8.47. The van der Waals surface area contributed by atoms with Crippen molar-refractivity contribution in [3.63, 3.8) is 0 Å². The largest absolute Gasteiger partial charge is 0.480 e. The second-order valence-corrected chi connectivity index (χ2v) is 8.75. The highest BCUT2D eigenvalue weighted by atomic mass is 35.5. The number of carboxylic acids is 1. The van der Waals surface area contributed by atoms with Gasteiger partial charge in [-0.2, -0.15) is 4.72 Å². The van der Waals surface area contributed by atoms with Crippen LogP contribution < -0.4 is 10.5 Å². The number of carboxylic acid groups (broad SMARTS) is 1. The van der Waals surface area contributed by atoms with Gasteiger partial charge in [-0.05, 0) is 54.8 Å². The number of primary amides is 1. The van der Waals surface area contributed by atoms with E-state index in [9.17, 15) is 27.5 Å². The van der Waals surface area contributed by atoms with Crippen molar-refractivity contribution in [1.82, 2.24) is 4.72 Å². The molecule has 4 N–H and O–H groups in total. The standard InChI is InChI=1S/C19H20ClFN2O5S/c1-9-4-6-14(21)16(10(9)2)11(3)17(19(25)26)23-29(27,28)15-7-5-12(20)8-13(15)18(22)24/h4-8,11,17,23H,1-3H3,(H2,22,24)(H,25,26)/t11-,17+/m1/s1. The van der Waals surface area contributed by atoms with Crippen LogP contribution >= 0.6 is 11.6 Å². The number of nitrogens with two attached hydrogens (primary N) is 1. The molecule has 0 aliphatic carbocycles. The molecule has 156 valence electrons. The third-order valence-electron chi connectivity index (χ3n) is 4.73. The van der Waals surface area contributed by atoms with Gasteiger partial charge in [0.2, 0.25) is 15.9 Å². The third-order valence-corrected chi connectivity index (χ3v) is 6.47. The molecule has 0 saturated carbocycles. The van der Waals surface area contributed by atoms with Crippen LogP contribution in [-0.2, 0) is 14.8 Å². The Morgan fingerprint density at radius 1 is 1.21 bits per heavy atom. The van der Waals surface area contributed by atoms with E-state index in [2.05, 4.69) is 4.72 Å². The van der Waals surface area contributed by atoms with Gasteiger partial charge in [-0.3, -0.25) is 9.59 Å². The number of sulfonamides is 1. The van der Waals surface area contributed by atoms with E-state index in [4.69, 9.17) is 17.3 Å². The SMILES string of the molecule is Cc1ccc(F)c([C@@H](C)[C@H](NS(=O)(=O)c2ccc(Cl)cc2C(N)=O)C(=O)O)c1C. The van der Waals surface area contributed by atoms with Gasteiger partial charge < -0.3 is 10.8 Å². The molecule has 0 spiro atoms. The molecule has 2 aromatic carbocycles. The summed E-state index contributed by atoms with van der Waals surface area (Å²) in [5.41, 5.74) is 6.17. The van der Waals surface area contributed by atoms with Gasteiger partial charge in [-0.15, -0.1) is 0 Å². The summed E-state index contributed by atoms with van der Waals surface area (Å²) in [6.45, 7) is 4.77. The minimum Gasteiger partial charge on any atom is -0.480 e. The van der Waals surface area contributed by atoms with E-state index in [1.165, 1.54) is 19.1 Å². The average Bonchev–Trinajstić information content (AvgIpc) is 2.62. The number of aryl methyl sites for hydroxylation is 1. The number of amides is 1. The molecule has 0 aromatic heterocycles. The highest BCUT2D eigenvalue weighted by molar-refractivity contribution is 7.89. The van der Waals surface area contributed by atoms with Crippen molar-refractivity contribution in [3.05, 3.63) is 63.4 Å². The van der Waals surface area contributed by atoms with Crippen molar-refractivity contribution in [2.45, 2.75) is 37.6 Å². The highest BCUT2D eigenvalue weighted by Gasteiger charge is 2.34. The molecule has 0 bridgehead atoms. The van der Waals surface area contributed by atoms with Gasteiger partial charge in [0.05, 0.1) is 10.5 Å². The van der Waals surface area contributed by atoms with Gasteiger partial charge in [0, 0.05) is 10.9 Å². The summed E-state index contributed by atoms with van der Waals surface area (Å²) in [5, 5.41) is 9.71. The summed E-state index contributed by atoms with van der Waals surface area (Å²) >= 11 is 5.79. The molecule has 10 heteroatoms. The van der Waals surface area contributed by atoms with E-state index in [0.29, 0.717) is 5.56 Å². The summed E-state index contributed by atoms with van der Waals surface area (Å²) in [5.74, 6) is -4.24. The summed E-state index contributed by atoms with van der Waals surface area (Å²) in [4.78, 5) is 23.0. The van der Waals surface area contributed by atoms with Gasteiger partial charge >= 0.3 is 5.97 Å². The zero-order valence-electron chi connectivity index (χ0n) is 15.9. The van der Waals surface area contributed by atoms with E-state index in [-0.39, 0.29) is 16.1 Å². The van der Waals surface area contributed by atoms with E-state index >= 15 is 0 Å². The zero-order valence-corrected chi connectivity index (χ0v) is 17.4. The average molecular weight is 443 g/mol. The number of aliphatic carboxylic acids is 1. The first-order valence-corrected chi connectivity index (χ1v) is 10.3. The van der Waals surface area contributed by atoms with E-state index in [1.807, 2.05) is 0 Å². The van der Waals surface area contributed by atoms with Crippen molar-refractivity contribution < 1.29 is 27.5 Å². The molecule has 0 heterocycles. The maximum atomic E-state index is 14.4. The van der Waals surface area contributed by atoms with E-state index in [0.717, 1.165) is 17.7 Å². The maximum Gasteiger partial charge on any atom is 0.322 e. The van der Waals surface area contributed by atoms with Crippen LogP contribution in [0.5, 0.6) is 0 Å². The number of carbonyl (C=O) groups is 2. The number of rotatable bonds is 7. The van der Waals surface area contributed by atoms with Crippen LogP contribution in [0.3, 0.4) is 0 Å². The van der Waals surface area contributed by atoms with Crippen LogP contribution in [0.25, 0.3) is 0 Å². The van der Waals surface area contributed by atoms with Crippen molar-refractivity contribution in [2.75, 3.05) is 0 Å². The number of carbonyl (C=O) groups excluding carboxylic acids is 1. The van der Waals surface area contributed by atoms with Crippen LogP contribution in [0.2, 0.25) is 5.02 Å². The van der Waals surface area contributed by atoms with Gasteiger partial charge in [0.1, 0.15) is 11.9 Å². The topological polar surface area (TPSA) is 127 Å². The predicted octanol–water partition coefficient (Wildman–Crippen LogP) is 2.73. The lowest BCUT2D eigenvalue weighted by atomic mass is 9.88. The zero-order chi connectivity index (χ0) is 22.1. The van der Waals surface area contributed by atoms with E-state index in [1.54, 1.807) is 19.9 Å². The predicted molar refractivity (Wildman–Crippen MR) is 106 cm³/mol. The minimum absolute atomic E-state index is 0.0818. The monoisotopic (exact) mass is 442 g/mol. The van der Waals surface area contributed by atoms with Crippen molar-refractivity contribution in [1.29, 1.82) is 0 Å².